The van der Waals surface area contributed by atoms with E-state index in [-0.39, 0.29) is 47.8 Å². The molecular formula is C15H17F3IN5O2S. The third-order valence-electron chi connectivity index (χ3n) is 3.19. The molecule has 0 bridgehead atoms. The van der Waals surface area contributed by atoms with Gasteiger partial charge in [-0.25, -0.2) is 9.98 Å². The molecule has 0 spiro atoms. The first-order valence-corrected chi connectivity index (χ1v) is 8.45. The minimum atomic E-state index is -4.47. The molecule has 2 N–H and O–H groups in total. The van der Waals surface area contributed by atoms with Crippen molar-refractivity contribution in [3.63, 3.8) is 0 Å². The molecule has 1 aromatic carbocycles. The van der Waals surface area contributed by atoms with E-state index in [4.69, 9.17) is 0 Å². The average Bonchev–Trinajstić information content (AvgIpc) is 3.07. The van der Waals surface area contributed by atoms with Crippen molar-refractivity contribution in [2.24, 2.45) is 4.99 Å². The minimum absolute atomic E-state index is 0. The van der Waals surface area contributed by atoms with Crippen LogP contribution in [0.2, 0.25) is 0 Å². The largest absolute Gasteiger partial charge is 0.434 e. The Bertz CT molecular complexity index is 798. The van der Waals surface area contributed by atoms with E-state index in [1.54, 1.807) is 18.2 Å². The molecule has 0 atom stereocenters. The van der Waals surface area contributed by atoms with Gasteiger partial charge in [0.1, 0.15) is 5.01 Å². The van der Waals surface area contributed by atoms with Gasteiger partial charge in [0.2, 0.25) is 0 Å². The van der Waals surface area contributed by atoms with E-state index in [9.17, 15) is 23.3 Å². The molecule has 0 saturated heterocycles. The lowest BCUT2D eigenvalue weighted by atomic mass is 10.2. The Morgan fingerprint density at radius 3 is 2.63 bits per heavy atom. The van der Waals surface area contributed by atoms with Crippen LogP contribution in [0.1, 0.15) is 23.2 Å². The molecule has 0 unspecified atom stereocenters. The van der Waals surface area contributed by atoms with E-state index in [1.165, 1.54) is 6.07 Å². The molecule has 0 radical (unpaired) electrons. The van der Waals surface area contributed by atoms with Gasteiger partial charge in [-0.2, -0.15) is 13.2 Å². The molecule has 12 heteroatoms. The zero-order chi connectivity index (χ0) is 19.2. The van der Waals surface area contributed by atoms with Crippen molar-refractivity contribution in [3.8, 4) is 0 Å². The molecule has 0 aliphatic carbocycles. The second-order valence-corrected chi connectivity index (χ2v) is 6.00. The molecule has 0 amide bonds. The number of hydrogen-bond acceptors (Lipinski definition) is 5. The first-order chi connectivity index (χ1) is 12.3. The molecule has 2 rings (SSSR count). The SMILES string of the molecule is CCNC(=NCc1ccccc1[N+](=O)[O-])NCc1nc(C(F)(F)F)cs1.I. The maximum atomic E-state index is 12.6. The molecule has 0 fully saturated rings. The minimum Gasteiger partial charge on any atom is -0.357 e. The second-order valence-electron chi connectivity index (χ2n) is 5.06. The summed E-state index contributed by atoms with van der Waals surface area (Å²) in [5.41, 5.74) is -0.536. The Balaban J connectivity index is 0.00000364. The maximum Gasteiger partial charge on any atom is 0.434 e. The zero-order valence-corrected chi connectivity index (χ0v) is 17.3. The number of thiazole rings is 1. The Labute approximate surface area is 174 Å². The number of nitro groups is 1. The van der Waals surface area contributed by atoms with Crippen LogP contribution in [0, 0.1) is 10.1 Å². The zero-order valence-electron chi connectivity index (χ0n) is 14.1. The fourth-order valence-electron chi connectivity index (χ4n) is 2.01. The number of aromatic nitrogens is 1. The standard InChI is InChI=1S/C15H16F3N5O2S.HI/c1-2-19-14(20-7-10-5-3-4-6-11(10)23(24)25)21-8-13-22-12(9-26-13)15(16,17)18;/h3-6,9H,2,7-8H2,1H3,(H2,19,20,21);1H. The molecule has 1 heterocycles. The number of nitrogens with one attached hydrogen (secondary N) is 2. The van der Waals surface area contributed by atoms with E-state index in [1.807, 2.05) is 6.92 Å². The highest BCUT2D eigenvalue weighted by Gasteiger charge is 2.33. The Morgan fingerprint density at radius 2 is 2.04 bits per heavy atom. The first-order valence-electron chi connectivity index (χ1n) is 7.57. The average molecular weight is 515 g/mol. The van der Waals surface area contributed by atoms with Crippen molar-refractivity contribution in [3.05, 3.63) is 56.0 Å². The highest BCUT2D eigenvalue weighted by molar-refractivity contribution is 14.0. The predicted octanol–water partition coefficient (Wildman–Crippen LogP) is 3.94. The smallest absolute Gasteiger partial charge is 0.357 e. The van der Waals surface area contributed by atoms with E-state index in [0.29, 0.717) is 18.1 Å². The molecule has 0 aliphatic heterocycles. The van der Waals surface area contributed by atoms with E-state index in [0.717, 1.165) is 16.7 Å². The molecule has 1 aromatic heterocycles. The van der Waals surface area contributed by atoms with Gasteiger partial charge >= 0.3 is 6.18 Å². The monoisotopic (exact) mass is 515 g/mol. The van der Waals surface area contributed by atoms with Crippen LogP contribution >= 0.6 is 35.3 Å². The number of rotatable bonds is 6. The van der Waals surface area contributed by atoms with Gasteiger partial charge in [-0.15, -0.1) is 35.3 Å². The van der Waals surface area contributed by atoms with Crippen LogP contribution in [0.25, 0.3) is 0 Å². The summed E-state index contributed by atoms with van der Waals surface area (Å²) in [6.07, 6.45) is -4.47. The third kappa shape index (κ3) is 6.93. The van der Waals surface area contributed by atoms with Crippen molar-refractivity contribution in [1.29, 1.82) is 0 Å². The summed E-state index contributed by atoms with van der Waals surface area (Å²) in [6, 6.07) is 6.23. The number of halogens is 4. The highest BCUT2D eigenvalue weighted by atomic mass is 127. The summed E-state index contributed by atoms with van der Waals surface area (Å²) in [5, 5.41) is 18.0. The lowest BCUT2D eigenvalue weighted by Gasteiger charge is -2.10. The van der Waals surface area contributed by atoms with Gasteiger partial charge in [0.25, 0.3) is 5.69 Å². The number of nitrogens with zero attached hydrogens (tertiary/aromatic N) is 3. The van der Waals surface area contributed by atoms with Crippen LogP contribution in [0.5, 0.6) is 0 Å². The highest BCUT2D eigenvalue weighted by Crippen LogP contribution is 2.29. The second kappa shape index (κ2) is 10.4. The Kier molecular flexibility index (Phi) is 8.88. The third-order valence-corrected chi connectivity index (χ3v) is 4.04. The van der Waals surface area contributed by atoms with Crippen molar-refractivity contribution in [1.82, 2.24) is 15.6 Å². The Hall–Kier alpha value is -1.96. The van der Waals surface area contributed by atoms with E-state index < -0.39 is 16.8 Å². The van der Waals surface area contributed by atoms with Crippen molar-refractivity contribution >= 4 is 47.0 Å². The van der Waals surface area contributed by atoms with Crippen LogP contribution in [-0.4, -0.2) is 22.4 Å². The maximum absolute atomic E-state index is 12.6. The van der Waals surface area contributed by atoms with Gasteiger partial charge in [-0.05, 0) is 6.92 Å². The lowest BCUT2D eigenvalue weighted by molar-refractivity contribution is -0.385. The van der Waals surface area contributed by atoms with Gasteiger partial charge in [-0.1, -0.05) is 18.2 Å². The fourth-order valence-corrected chi connectivity index (χ4v) is 2.75. The normalized spacial score (nSPS) is 11.6. The quantitative estimate of drug-likeness (QED) is 0.200. The number of benzene rings is 1. The van der Waals surface area contributed by atoms with Crippen molar-refractivity contribution < 1.29 is 18.1 Å². The molecule has 148 valence electrons. The molecule has 0 aliphatic rings. The molecular weight excluding hydrogens is 498 g/mol. The number of para-hydroxylation sites is 1. The topological polar surface area (TPSA) is 92.5 Å². The summed E-state index contributed by atoms with van der Waals surface area (Å²) in [4.78, 5) is 18.3. The van der Waals surface area contributed by atoms with Crippen LogP contribution in [-0.2, 0) is 19.3 Å². The number of nitro benzene ring substituents is 1. The Morgan fingerprint density at radius 1 is 1.33 bits per heavy atom. The summed E-state index contributed by atoms with van der Waals surface area (Å²) in [5.74, 6) is 0.328. The fraction of sp³-hybridized carbons (Fsp3) is 0.333. The predicted molar refractivity (Wildman–Crippen MR) is 107 cm³/mol. The number of guanidine groups is 1. The molecule has 7 nitrogen and oxygen atoms in total. The number of alkyl halides is 3. The number of aliphatic imine (C=N–C) groups is 1. The van der Waals surface area contributed by atoms with Gasteiger partial charge < -0.3 is 10.6 Å². The van der Waals surface area contributed by atoms with Gasteiger partial charge in [0, 0.05) is 18.0 Å². The lowest BCUT2D eigenvalue weighted by Crippen LogP contribution is -2.36. The first kappa shape index (κ1) is 23.1. The van der Waals surface area contributed by atoms with Crippen molar-refractivity contribution in [2.45, 2.75) is 26.2 Å². The molecule has 2 aromatic rings. The van der Waals surface area contributed by atoms with Gasteiger partial charge in [-0.3, -0.25) is 10.1 Å². The number of hydrogen-bond donors (Lipinski definition) is 2. The molecule has 0 saturated carbocycles. The van der Waals surface area contributed by atoms with Gasteiger partial charge in [0.15, 0.2) is 11.7 Å². The van der Waals surface area contributed by atoms with E-state index in [2.05, 4.69) is 20.6 Å². The van der Waals surface area contributed by atoms with Crippen LogP contribution in [0.3, 0.4) is 0 Å². The summed E-state index contributed by atoms with van der Waals surface area (Å²) >= 11 is 0.892. The van der Waals surface area contributed by atoms with Crippen LogP contribution in [0.4, 0.5) is 18.9 Å². The summed E-state index contributed by atoms with van der Waals surface area (Å²) in [6.45, 7) is 2.46. The van der Waals surface area contributed by atoms with Crippen LogP contribution in [0.15, 0.2) is 34.6 Å². The summed E-state index contributed by atoms with van der Waals surface area (Å²) in [7, 11) is 0. The molecule has 27 heavy (non-hydrogen) atoms. The van der Waals surface area contributed by atoms with E-state index >= 15 is 0 Å². The van der Waals surface area contributed by atoms with Gasteiger partial charge in [0.05, 0.1) is 23.6 Å². The van der Waals surface area contributed by atoms with Crippen LogP contribution < -0.4 is 10.6 Å². The van der Waals surface area contributed by atoms with Crippen molar-refractivity contribution in [2.75, 3.05) is 6.54 Å². The summed E-state index contributed by atoms with van der Waals surface area (Å²) < 4.78 is 37.7.